The third-order valence-electron chi connectivity index (χ3n) is 1.76. The molecule has 0 aliphatic rings. The summed E-state index contributed by atoms with van der Waals surface area (Å²) >= 11 is 3.35. The molecule has 0 aromatic heterocycles. The van der Waals surface area contributed by atoms with E-state index in [1.54, 1.807) is 6.08 Å². The second-order valence-electron chi connectivity index (χ2n) is 3.04. The largest absolute Gasteiger partial charge is 0.368 e. The lowest BCUT2D eigenvalue weighted by molar-refractivity contribution is -0.122. The zero-order valence-corrected chi connectivity index (χ0v) is 10.0. The van der Waals surface area contributed by atoms with E-state index in [2.05, 4.69) is 21.2 Å². The molecule has 84 valence electrons. The number of benzene rings is 1. The van der Waals surface area contributed by atoms with Crippen LogP contribution >= 0.6 is 15.9 Å². The van der Waals surface area contributed by atoms with Gasteiger partial charge in [-0.3, -0.25) is 9.59 Å². The lowest BCUT2D eigenvalue weighted by atomic mass is 10.2. The molecule has 0 saturated carbocycles. The van der Waals surface area contributed by atoms with Crippen molar-refractivity contribution in [2.45, 2.75) is 0 Å². The van der Waals surface area contributed by atoms with Crippen molar-refractivity contribution in [1.29, 1.82) is 0 Å². The predicted molar refractivity (Wildman–Crippen MR) is 65.4 cm³/mol. The van der Waals surface area contributed by atoms with E-state index in [-0.39, 0.29) is 12.5 Å². The molecule has 1 rings (SSSR count). The minimum atomic E-state index is -0.567. The summed E-state index contributed by atoms with van der Waals surface area (Å²) in [5.74, 6) is -0.919. The standard InChI is InChI=1S/C11H11BrN2O2/c12-9-4-2-1-3-8(9)5-6-11(16)14-7-10(13)15/h1-6H,7H2,(H2,13,15)(H,14,16). The number of hydrogen-bond donors (Lipinski definition) is 2. The monoisotopic (exact) mass is 282 g/mol. The number of primary amides is 1. The number of amides is 2. The molecule has 3 N–H and O–H groups in total. The van der Waals surface area contributed by atoms with Gasteiger partial charge in [0.15, 0.2) is 0 Å². The first-order valence-corrected chi connectivity index (χ1v) is 5.37. The molecule has 1 aromatic rings. The Hall–Kier alpha value is -1.62. The SMILES string of the molecule is NC(=O)CNC(=O)C=Cc1ccccc1Br. The quantitative estimate of drug-likeness (QED) is 0.811. The second kappa shape index (κ2) is 6.07. The van der Waals surface area contributed by atoms with Crippen molar-refractivity contribution in [3.63, 3.8) is 0 Å². The van der Waals surface area contributed by atoms with Crippen LogP contribution in [-0.4, -0.2) is 18.4 Å². The molecule has 0 atom stereocenters. The van der Waals surface area contributed by atoms with E-state index in [1.807, 2.05) is 24.3 Å². The zero-order valence-electron chi connectivity index (χ0n) is 8.44. The summed E-state index contributed by atoms with van der Waals surface area (Å²) in [6, 6.07) is 7.49. The molecule has 0 aliphatic carbocycles. The molecule has 0 aliphatic heterocycles. The van der Waals surface area contributed by atoms with Crippen LogP contribution in [-0.2, 0) is 9.59 Å². The lowest BCUT2D eigenvalue weighted by Crippen LogP contribution is -2.32. The highest BCUT2D eigenvalue weighted by Gasteiger charge is 1.98. The minimum absolute atomic E-state index is 0.154. The first-order valence-electron chi connectivity index (χ1n) is 4.58. The Kier molecular flexibility index (Phi) is 4.72. The predicted octanol–water partition coefficient (Wildman–Crippen LogP) is 1.06. The summed E-state index contributed by atoms with van der Waals surface area (Å²) in [6.45, 7) is -0.154. The molecule has 5 heteroatoms. The van der Waals surface area contributed by atoms with E-state index < -0.39 is 5.91 Å². The van der Waals surface area contributed by atoms with Gasteiger partial charge >= 0.3 is 0 Å². The number of carbonyl (C=O) groups is 2. The average Bonchev–Trinajstić information content (AvgIpc) is 2.25. The third-order valence-corrected chi connectivity index (χ3v) is 2.48. The Bertz CT molecular complexity index is 430. The van der Waals surface area contributed by atoms with Crippen molar-refractivity contribution in [2.24, 2.45) is 5.73 Å². The molecule has 1 aromatic carbocycles. The average molecular weight is 283 g/mol. The van der Waals surface area contributed by atoms with Crippen LogP contribution < -0.4 is 11.1 Å². The highest BCUT2D eigenvalue weighted by molar-refractivity contribution is 9.10. The second-order valence-corrected chi connectivity index (χ2v) is 3.89. The Morgan fingerprint density at radius 1 is 1.38 bits per heavy atom. The van der Waals surface area contributed by atoms with Crippen LogP contribution in [0.5, 0.6) is 0 Å². The Morgan fingerprint density at radius 3 is 2.69 bits per heavy atom. The Balaban J connectivity index is 2.57. The van der Waals surface area contributed by atoms with Crippen LogP contribution in [0, 0.1) is 0 Å². The fourth-order valence-electron chi connectivity index (χ4n) is 1.01. The number of halogens is 1. The number of carbonyl (C=O) groups excluding carboxylic acids is 2. The van der Waals surface area contributed by atoms with Gasteiger partial charge in [-0.2, -0.15) is 0 Å². The van der Waals surface area contributed by atoms with E-state index in [9.17, 15) is 9.59 Å². The fraction of sp³-hybridized carbons (Fsp3) is 0.0909. The maximum atomic E-state index is 11.2. The summed E-state index contributed by atoms with van der Waals surface area (Å²) < 4.78 is 0.897. The molecule has 0 radical (unpaired) electrons. The molecular weight excluding hydrogens is 272 g/mol. The van der Waals surface area contributed by atoms with Gasteiger partial charge in [0.25, 0.3) is 0 Å². The third kappa shape index (κ3) is 4.27. The van der Waals surface area contributed by atoms with Crippen molar-refractivity contribution in [3.05, 3.63) is 40.4 Å². The van der Waals surface area contributed by atoms with Crippen LogP contribution in [0.2, 0.25) is 0 Å². The molecule has 0 spiro atoms. The van der Waals surface area contributed by atoms with E-state index in [4.69, 9.17) is 5.73 Å². The lowest BCUT2D eigenvalue weighted by Gasteiger charge is -1.98. The highest BCUT2D eigenvalue weighted by Crippen LogP contribution is 2.16. The van der Waals surface area contributed by atoms with Crippen LogP contribution in [0.15, 0.2) is 34.8 Å². The Morgan fingerprint density at radius 2 is 2.06 bits per heavy atom. The van der Waals surface area contributed by atoms with Crippen molar-refractivity contribution >= 4 is 33.8 Å². The topological polar surface area (TPSA) is 72.2 Å². The van der Waals surface area contributed by atoms with Gasteiger partial charge in [-0.25, -0.2) is 0 Å². The van der Waals surface area contributed by atoms with Crippen molar-refractivity contribution in [1.82, 2.24) is 5.32 Å². The van der Waals surface area contributed by atoms with Crippen LogP contribution in [0.25, 0.3) is 6.08 Å². The maximum absolute atomic E-state index is 11.2. The van der Waals surface area contributed by atoms with Gasteiger partial charge in [-0.15, -0.1) is 0 Å². The summed E-state index contributed by atoms with van der Waals surface area (Å²) in [5, 5.41) is 2.36. The molecule has 0 saturated heterocycles. The van der Waals surface area contributed by atoms with Crippen LogP contribution in [0.4, 0.5) is 0 Å². The summed E-state index contributed by atoms with van der Waals surface area (Å²) in [4.78, 5) is 21.6. The van der Waals surface area contributed by atoms with E-state index in [1.165, 1.54) is 6.08 Å². The highest BCUT2D eigenvalue weighted by atomic mass is 79.9. The minimum Gasteiger partial charge on any atom is -0.368 e. The van der Waals surface area contributed by atoms with Crippen molar-refractivity contribution in [2.75, 3.05) is 6.54 Å². The van der Waals surface area contributed by atoms with Gasteiger partial charge in [-0.05, 0) is 17.7 Å². The van der Waals surface area contributed by atoms with Crippen molar-refractivity contribution < 1.29 is 9.59 Å². The van der Waals surface area contributed by atoms with Gasteiger partial charge < -0.3 is 11.1 Å². The number of rotatable bonds is 4. The normalized spacial score (nSPS) is 10.3. The van der Waals surface area contributed by atoms with Gasteiger partial charge in [0.05, 0.1) is 6.54 Å². The Labute approximate surface area is 102 Å². The molecule has 2 amide bonds. The molecule has 0 fully saturated rings. The number of nitrogens with two attached hydrogens (primary N) is 1. The molecule has 0 heterocycles. The van der Waals surface area contributed by atoms with Gasteiger partial charge in [-0.1, -0.05) is 34.1 Å². The molecule has 0 unspecified atom stereocenters. The molecule has 16 heavy (non-hydrogen) atoms. The zero-order chi connectivity index (χ0) is 12.0. The fourth-order valence-corrected chi connectivity index (χ4v) is 1.43. The van der Waals surface area contributed by atoms with Crippen LogP contribution in [0.3, 0.4) is 0 Å². The van der Waals surface area contributed by atoms with Gasteiger partial charge in [0.2, 0.25) is 11.8 Å². The van der Waals surface area contributed by atoms with Crippen molar-refractivity contribution in [3.8, 4) is 0 Å². The first kappa shape index (κ1) is 12.4. The van der Waals surface area contributed by atoms with E-state index in [0.717, 1.165) is 10.0 Å². The number of hydrogen-bond acceptors (Lipinski definition) is 2. The molecule has 4 nitrogen and oxygen atoms in total. The van der Waals surface area contributed by atoms with E-state index >= 15 is 0 Å². The maximum Gasteiger partial charge on any atom is 0.244 e. The van der Waals surface area contributed by atoms with Gasteiger partial charge in [0, 0.05) is 10.5 Å². The summed E-state index contributed by atoms with van der Waals surface area (Å²) in [7, 11) is 0. The number of nitrogens with one attached hydrogen (secondary N) is 1. The summed E-state index contributed by atoms with van der Waals surface area (Å²) in [6.07, 6.45) is 3.00. The smallest absolute Gasteiger partial charge is 0.244 e. The van der Waals surface area contributed by atoms with Crippen LogP contribution in [0.1, 0.15) is 5.56 Å². The molecule has 0 bridgehead atoms. The van der Waals surface area contributed by atoms with Gasteiger partial charge in [0.1, 0.15) is 0 Å². The van der Waals surface area contributed by atoms with E-state index in [0.29, 0.717) is 0 Å². The summed E-state index contributed by atoms with van der Waals surface area (Å²) in [5.41, 5.74) is 5.77. The first-order chi connectivity index (χ1) is 7.59. The molecular formula is C11H11BrN2O2.